The van der Waals surface area contributed by atoms with Gasteiger partial charge in [0.15, 0.2) is 5.03 Å². The van der Waals surface area contributed by atoms with Crippen LogP contribution in [0.4, 0.5) is 5.69 Å². The summed E-state index contributed by atoms with van der Waals surface area (Å²) >= 11 is 0. The van der Waals surface area contributed by atoms with Crippen molar-refractivity contribution in [2.45, 2.75) is 18.9 Å². The fourth-order valence-electron chi connectivity index (χ4n) is 1.78. The summed E-state index contributed by atoms with van der Waals surface area (Å²) in [5.41, 5.74) is 0.785. The van der Waals surface area contributed by atoms with Crippen molar-refractivity contribution in [2.24, 2.45) is 7.05 Å². The highest BCUT2D eigenvalue weighted by atomic mass is 32.2. The quantitative estimate of drug-likeness (QED) is 0.892. The van der Waals surface area contributed by atoms with E-state index in [4.69, 9.17) is 5.11 Å². The van der Waals surface area contributed by atoms with Crippen molar-refractivity contribution in [3.63, 3.8) is 0 Å². The molecule has 21 heavy (non-hydrogen) atoms. The van der Waals surface area contributed by atoms with Gasteiger partial charge in [-0.15, -0.1) is 0 Å². The fraction of sp³-hybridized carbons (Fsp3) is 0.231. The molecule has 0 bridgehead atoms. The molecule has 0 aliphatic rings. The molecular formula is C13H15N3O4S. The number of hydrogen-bond acceptors (Lipinski definition) is 4. The smallest absolute Gasteiger partial charge is 0.336 e. The Hall–Kier alpha value is -2.35. The zero-order valence-electron chi connectivity index (χ0n) is 11.8. The molecular weight excluding hydrogens is 294 g/mol. The Balaban J connectivity index is 2.37. The maximum atomic E-state index is 12.2. The molecule has 0 atom stereocenters. The van der Waals surface area contributed by atoms with Gasteiger partial charge in [0, 0.05) is 18.9 Å². The van der Waals surface area contributed by atoms with Crippen molar-refractivity contribution in [3.8, 4) is 0 Å². The Labute approximate surface area is 122 Å². The normalized spacial score (nSPS) is 11.4. The number of carbonyl (C=O) groups is 1. The first-order valence-corrected chi connectivity index (χ1v) is 7.56. The second kappa shape index (κ2) is 5.21. The number of hydrogen-bond donors (Lipinski definition) is 2. The van der Waals surface area contributed by atoms with Crippen molar-refractivity contribution >= 4 is 21.7 Å². The lowest BCUT2D eigenvalue weighted by atomic mass is 10.1. The molecule has 2 rings (SSSR count). The molecule has 0 fully saturated rings. The topological polar surface area (TPSA) is 101 Å². The minimum Gasteiger partial charge on any atom is -0.478 e. The number of imidazole rings is 1. The number of sulfonamides is 1. The number of nitrogens with zero attached hydrogens (tertiary/aromatic N) is 2. The molecule has 7 nitrogen and oxygen atoms in total. The molecule has 8 heteroatoms. The maximum Gasteiger partial charge on any atom is 0.336 e. The molecule has 0 radical (unpaired) electrons. The number of aromatic nitrogens is 2. The van der Waals surface area contributed by atoms with Gasteiger partial charge in [0.1, 0.15) is 5.82 Å². The molecule has 0 saturated heterocycles. The van der Waals surface area contributed by atoms with Crippen LogP contribution in [-0.4, -0.2) is 29.0 Å². The number of aryl methyl sites for hydroxylation is 3. The van der Waals surface area contributed by atoms with Crippen molar-refractivity contribution in [1.82, 2.24) is 9.55 Å². The van der Waals surface area contributed by atoms with Gasteiger partial charge in [0.05, 0.1) is 5.56 Å². The van der Waals surface area contributed by atoms with E-state index in [1.165, 1.54) is 18.3 Å². The summed E-state index contributed by atoms with van der Waals surface area (Å²) in [5.74, 6) is -0.548. The molecule has 2 N–H and O–H groups in total. The van der Waals surface area contributed by atoms with Crippen LogP contribution in [0.25, 0.3) is 0 Å². The lowest BCUT2D eigenvalue weighted by Gasteiger charge is -2.08. The number of benzene rings is 1. The third-order valence-electron chi connectivity index (χ3n) is 3.08. The van der Waals surface area contributed by atoms with E-state index < -0.39 is 16.0 Å². The molecule has 0 unspecified atom stereocenters. The predicted molar refractivity (Wildman–Crippen MR) is 76.9 cm³/mol. The molecule has 0 spiro atoms. The van der Waals surface area contributed by atoms with Gasteiger partial charge in [-0.2, -0.15) is 8.42 Å². The largest absolute Gasteiger partial charge is 0.478 e. The van der Waals surface area contributed by atoms with Crippen LogP contribution in [0.3, 0.4) is 0 Å². The Morgan fingerprint density at radius 3 is 2.52 bits per heavy atom. The molecule has 1 heterocycles. The monoisotopic (exact) mass is 309 g/mol. The number of aromatic carboxylic acids is 1. The van der Waals surface area contributed by atoms with Crippen LogP contribution in [0.1, 0.15) is 21.7 Å². The molecule has 0 aliphatic heterocycles. The number of rotatable bonds is 4. The van der Waals surface area contributed by atoms with Gasteiger partial charge in [0.25, 0.3) is 10.0 Å². The van der Waals surface area contributed by atoms with E-state index in [-0.39, 0.29) is 16.3 Å². The van der Waals surface area contributed by atoms with Gasteiger partial charge in [0.2, 0.25) is 0 Å². The van der Waals surface area contributed by atoms with Crippen LogP contribution in [0.2, 0.25) is 0 Å². The Bertz CT molecular complexity index is 789. The van der Waals surface area contributed by atoms with Gasteiger partial charge in [-0.3, -0.25) is 4.72 Å². The standard InChI is InChI=1S/C13H15N3O4S/c1-8-4-5-10(6-11(8)13(17)18)15-21(19,20)12-7-16(3)9(2)14-12/h4-7,15H,1-3H3,(H,17,18). The minimum atomic E-state index is -3.85. The molecule has 2 aromatic rings. The average Bonchev–Trinajstić information content (AvgIpc) is 2.72. The van der Waals surface area contributed by atoms with Gasteiger partial charge in [-0.05, 0) is 31.5 Å². The van der Waals surface area contributed by atoms with E-state index in [9.17, 15) is 13.2 Å². The van der Waals surface area contributed by atoms with E-state index in [1.807, 2.05) is 0 Å². The van der Waals surface area contributed by atoms with E-state index in [2.05, 4.69) is 9.71 Å². The van der Waals surface area contributed by atoms with E-state index >= 15 is 0 Å². The second-order valence-electron chi connectivity index (χ2n) is 4.68. The van der Waals surface area contributed by atoms with Crippen molar-refractivity contribution in [3.05, 3.63) is 41.3 Å². The third kappa shape index (κ3) is 3.05. The van der Waals surface area contributed by atoms with E-state index in [1.54, 1.807) is 31.5 Å². The van der Waals surface area contributed by atoms with Gasteiger partial charge >= 0.3 is 5.97 Å². The van der Waals surface area contributed by atoms with Gasteiger partial charge in [-0.1, -0.05) is 6.07 Å². The highest BCUT2D eigenvalue weighted by Crippen LogP contribution is 2.19. The van der Waals surface area contributed by atoms with Crippen LogP contribution in [0.15, 0.2) is 29.4 Å². The maximum absolute atomic E-state index is 12.2. The van der Waals surface area contributed by atoms with Crippen LogP contribution >= 0.6 is 0 Å². The summed E-state index contributed by atoms with van der Waals surface area (Å²) in [6, 6.07) is 4.34. The van der Waals surface area contributed by atoms with Crippen molar-refractivity contribution in [1.29, 1.82) is 0 Å². The van der Waals surface area contributed by atoms with Crippen molar-refractivity contribution in [2.75, 3.05) is 4.72 Å². The first-order chi connectivity index (χ1) is 9.70. The summed E-state index contributed by atoms with van der Waals surface area (Å²) in [7, 11) is -2.15. The number of anilines is 1. The summed E-state index contributed by atoms with van der Waals surface area (Å²) in [6.07, 6.45) is 1.39. The summed E-state index contributed by atoms with van der Waals surface area (Å²) < 4.78 is 28.3. The Morgan fingerprint density at radius 2 is 2.00 bits per heavy atom. The third-order valence-corrected chi connectivity index (χ3v) is 4.33. The highest BCUT2D eigenvalue weighted by Gasteiger charge is 2.19. The molecule has 0 aliphatic carbocycles. The molecule has 1 aromatic carbocycles. The number of carboxylic acids is 1. The summed E-state index contributed by atoms with van der Waals surface area (Å²) in [4.78, 5) is 15.0. The Morgan fingerprint density at radius 1 is 1.33 bits per heavy atom. The minimum absolute atomic E-state index is 0.0485. The molecule has 1 aromatic heterocycles. The van der Waals surface area contributed by atoms with E-state index in [0.717, 1.165) is 0 Å². The zero-order chi connectivity index (χ0) is 15.8. The lowest BCUT2D eigenvalue weighted by molar-refractivity contribution is 0.0696. The van der Waals surface area contributed by atoms with Crippen LogP contribution in [0, 0.1) is 13.8 Å². The predicted octanol–water partition coefficient (Wildman–Crippen LogP) is 1.54. The first kappa shape index (κ1) is 15.0. The molecule has 0 amide bonds. The lowest BCUT2D eigenvalue weighted by Crippen LogP contribution is -2.14. The summed E-state index contributed by atoms with van der Waals surface area (Å²) in [5, 5.41) is 8.94. The number of carboxylic acid groups (broad SMARTS) is 1. The summed E-state index contributed by atoms with van der Waals surface area (Å²) in [6.45, 7) is 3.33. The molecule has 0 saturated carbocycles. The van der Waals surface area contributed by atoms with Crippen LogP contribution in [-0.2, 0) is 17.1 Å². The zero-order valence-corrected chi connectivity index (χ0v) is 12.6. The molecule has 112 valence electrons. The van der Waals surface area contributed by atoms with Gasteiger partial charge < -0.3 is 9.67 Å². The van der Waals surface area contributed by atoms with E-state index in [0.29, 0.717) is 11.4 Å². The van der Waals surface area contributed by atoms with Crippen molar-refractivity contribution < 1.29 is 18.3 Å². The SMILES string of the molecule is Cc1ccc(NS(=O)(=O)c2cn(C)c(C)n2)cc1C(=O)O. The van der Waals surface area contributed by atoms with Crippen LogP contribution in [0.5, 0.6) is 0 Å². The average molecular weight is 309 g/mol. The second-order valence-corrected chi connectivity index (χ2v) is 6.31. The Kier molecular flexibility index (Phi) is 3.73. The van der Waals surface area contributed by atoms with Gasteiger partial charge in [-0.25, -0.2) is 9.78 Å². The van der Waals surface area contributed by atoms with Crippen LogP contribution < -0.4 is 4.72 Å². The fourth-order valence-corrected chi connectivity index (χ4v) is 2.87. The number of nitrogens with one attached hydrogen (secondary N) is 1. The highest BCUT2D eigenvalue weighted by molar-refractivity contribution is 7.92. The first-order valence-electron chi connectivity index (χ1n) is 6.07.